The van der Waals surface area contributed by atoms with Crippen molar-refractivity contribution in [2.45, 2.75) is 46.7 Å². The molecule has 1 N–H and O–H groups in total. The second-order valence-corrected chi connectivity index (χ2v) is 6.17. The Kier molecular flexibility index (Phi) is 4.98. The molecule has 0 saturated heterocycles. The third-order valence-electron chi connectivity index (χ3n) is 4.41. The molecule has 3 heterocycles. The van der Waals surface area contributed by atoms with Gasteiger partial charge < -0.3 is 14.6 Å². The topological polar surface area (TPSA) is 82.2 Å². The molecule has 3 rings (SSSR count). The molecule has 8 nitrogen and oxygen atoms in total. The Morgan fingerprint density at radius 1 is 1.32 bits per heavy atom. The highest BCUT2D eigenvalue weighted by atomic mass is 16.5. The van der Waals surface area contributed by atoms with Gasteiger partial charge in [-0.05, 0) is 27.2 Å². The van der Waals surface area contributed by atoms with Crippen molar-refractivity contribution in [2.75, 3.05) is 19.0 Å². The summed E-state index contributed by atoms with van der Waals surface area (Å²) in [7, 11) is 1.69. The molecule has 0 aliphatic carbocycles. The summed E-state index contributed by atoms with van der Waals surface area (Å²) >= 11 is 0. The number of ether oxygens (including phenoxy) is 1. The normalized spacial score (nSPS) is 12.7. The van der Waals surface area contributed by atoms with Crippen LogP contribution >= 0.6 is 0 Å². The largest absolute Gasteiger partial charge is 0.383 e. The lowest BCUT2D eigenvalue weighted by Crippen LogP contribution is -2.17. The molecule has 0 amide bonds. The first-order chi connectivity index (χ1) is 12.0. The number of nitrogens with one attached hydrogen (secondary N) is 1. The average molecular weight is 343 g/mol. The minimum Gasteiger partial charge on any atom is -0.383 e. The molecule has 0 saturated carbocycles. The quantitative estimate of drug-likeness (QED) is 0.709. The molecule has 134 valence electrons. The van der Waals surface area contributed by atoms with E-state index in [2.05, 4.69) is 41.4 Å². The van der Waals surface area contributed by atoms with E-state index in [0.29, 0.717) is 6.61 Å². The zero-order chi connectivity index (χ0) is 18.0. The summed E-state index contributed by atoms with van der Waals surface area (Å²) in [5.41, 5.74) is 4.02. The van der Waals surface area contributed by atoms with Crippen LogP contribution in [0, 0.1) is 13.8 Å². The number of fused-ring (bicyclic) bond motifs is 1. The number of rotatable bonds is 7. The van der Waals surface area contributed by atoms with Crippen LogP contribution in [-0.2, 0) is 17.7 Å². The molecule has 0 unspecified atom stereocenters. The Morgan fingerprint density at radius 3 is 2.84 bits per heavy atom. The lowest BCUT2D eigenvalue weighted by atomic mass is 10.2. The van der Waals surface area contributed by atoms with Gasteiger partial charge in [-0.1, -0.05) is 6.92 Å². The maximum absolute atomic E-state index is 5.15. The molecular formula is C17H25N7O. The summed E-state index contributed by atoms with van der Waals surface area (Å²) in [6.07, 6.45) is 2.60. The first-order valence-corrected chi connectivity index (χ1v) is 8.54. The van der Waals surface area contributed by atoms with Gasteiger partial charge >= 0.3 is 0 Å². The molecule has 0 spiro atoms. The number of hydrogen-bond acceptors (Lipinski definition) is 6. The Morgan fingerprint density at radius 2 is 2.12 bits per heavy atom. The number of nitrogens with zero attached hydrogens (tertiary/aromatic N) is 6. The van der Waals surface area contributed by atoms with Gasteiger partial charge in [0.2, 0.25) is 0 Å². The van der Waals surface area contributed by atoms with Crippen molar-refractivity contribution in [3.05, 3.63) is 35.2 Å². The summed E-state index contributed by atoms with van der Waals surface area (Å²) in [6, 6.07) is 2.02. The Labute approximate surface area is 147 Å². The van der Waals surface area contributed by atoms with E-state index in [1.54, 1.807) is 13.4 Å². The third kappa shape index (κ3) is 3.34. The number of aromatic nitrogens is 6. The molecule has 0 fully saturated rings. The fourth-order valence-corrected chi connectivity index (χ4v) is 2.81. The van der Waals surface area contributed by atoms with Crippen LogP contribution < -0.4 is 5.32 Å². The molecule has 8 heteroatoms. The monoisotopic (exact) mass is 343 g/mol. The maximum Gasteiger partial charge on any atom is 0.160 e. The first-order valence-electron chi connectivity index (χ1n) is 8.54. The minimum absolute atomic E-state index is 0.0283. The Balaban J connectivity index is 1.94. The van der Waals surface area contributed by atoms with Crippen molar-refractivity contribution >= 4 is 11.5 Å². The fraction of sp³-hybridized carbons (Fsp3) is 0.529. The zero-order valence-electron chi connectivity index (χ0n) is 15.4. The van der Waals surface area contributed by atoms with Crippen LogP contribution in [0.25, 0.3) is 5.65 Å². The number of aryl methyl sites for hydroxylation is 3. The van der Waals surface area contributed by atoms with E-state index in [1.165, 1.54) is 0 Å². The summed E-state index contributed by atoms with van der Waals surface area (Å²) in [5, 5.41) is 16.4. The van der Waals surface area contributed by atoms with E-state index in [1.807, 2.05) is 22.1 Å². The van der Waals surface area contributed by atoms with Crippen LogP contribution in [0.4, 0.5) is 5.82 Å². The molecular weight excluding hydrogens is 318 g/mol. The molecule has 0 aromatic carbocycles. The van der Waals surface area contributed by atoms with Gasteiger partial charge in [0.05, 0.1) is 18.3 Å². The lowest BCUT2D eigenvalue weighted by molar-refractivity contribution is 0.186. The summed E-state index contributed by atoms with van der Waals surface area (Å²) in [4.78, 5) is 4.71. The van der Waals surface area contributed by atoms with Crippen molar-refractivity contribution in [1.29, 1.82) is 0 Å². The Hall–Kier alpha value is -2.48. The van der Waals surface area contributed by atoms with Gasteiger partial charge in [-0.25, -0.2) is 4.98 Å². The van der Waals surface area contributed by atoms with E-state index < -0.39 is 0 Å². The van der Waals surface area contributed by atoms with E-state index in [4.69, 9.17) is 9.72 Å². The molecule has 0 aliphatic heterocycles. The molecule has 0 radical (unpaired) electrons. The van der Waals surface area contributed by atoms with Gasteiger partial charge in [-0.2, -0.15) is 9.61 Å². The second-order valence-electron chi connectivity index (χ2n) is 6.17. The average Bonchev–Trinajstić information content (AvgIpc) is 3.19. The van der Waals surface area contributed by atoms with Crippen molar-refractivity contribution in [3.8, 4) is 0 Å². The van der Waals surface area contributed by atoms with Crippen LogP contribution in [0.1, 0.15) is 42.7 Å². The van der Waals surface area contributed by atoms with E-state index in [9.17, 15) is 0 Å². The van der Waals surface area contributed by atoms with Gasteiger partial charge in [0.15, 0.2) is 11.5 Å². The van der Waals surface area contributed by atoms with Gasteiger partial charge in [-0.3, -0.25) is 0 Å². The maximum atomic E-state index is 5.15. The predicted molar refractivity (Wildman–Crippen MR) is 95.8 cm³/mol. The van der Waals surface area contributed by atoms with Crippen LogP contribution in [0.15, 0.2) is 12.4 Å². The second kappa shape index (κ2) is 7.18. The van der Waals surface area contributed by atoms with Crippen LogP contribution in [0.3, 0.4) is 0 Å². The number of methoxy groups -OCH3 is 1. The number of hydrogen-bond donors (Lipinski definition) is 1. The fourth-order valence-electron chi connectivity index (χ4n) is 2.81. The SMILES string of the molecule is CCc1cc(N[C@H](C)c2nncn2CCOC)n2nc(C)c(C)c2n1. The van der Waals surface area contributed by atoms with Crippen LogP contribution in [0.5, 0.6) is 0 Å². The number of anilines is 1. The molecule has 1 atom stereocenters. The zero-order valence-corrected chi connectivity index (χ0v) is 15.4. The minimum atomic E-state index is -0.0283. The van der Waals surface area contributed by atoms with Gasteiger partial charge in [0.25, 0.3) is 0 Å². The smallest absolute Gasteiger partial charge is 0.160 e. The van der Waals surface area contributed by atoms with E-state index >= 15 is 0 Å². The molecule has 0 aliphatic rings. The van der Waals surface area contributed by atoms with Crippen molar-refractivity contribution in [2.24, 2.45) is 0 Å². The highest BCUT2D eigenvalue weighted by Gasteiger charge is 2.17. The van der Waals surface area contributed by atoms with Crippen LogP contribution in [-0.4, -0.2) is 43.1 Å². The molecule has 3 aromatic heterocycles. The van der Waals surface area contributed by atoms with Crippen molar-refractivity contribution < 1.29 is 4.74 Å². The summed E-state index contributed by atoms with van der Waals surface area (Å²) < 4.78 is 9.02. The molecule has 0 bridgehead atoms. The van der Waals surface area contributed by atoms with E-state index in [-0.39, 0.29) is 6.04 Å². The highest BCUT2D eigenvalue weighted by Crippen LogP contribution is 2.22. The first kappa shape index (κ1) is 17.3. The summed E-state index contributed by atoms with van der Waals surface area (Å²) in [5.74, 6) is 1.77. The summed E-state index contributed by atoms with van der Waals surface area (Å²) in [6.45, 7) is 9.56. The van der Waals surface area contributed by atoms with Crippen molar-refractivity contribution in [3.63, 3.8) is 0 Å². The standard InChI is InChI=1S/C17H25N7O/c1-6-14-9-15(24-16(20-14)11(2)12(3)22-24)19-13(4)17-21-18-10-23(17)7-8-25-5/h9-10,13,19H,6-8H2,1-5H3/t13-/m1/s1. The highest BCUT2D eigenvalue weighted by molar-refractivity contribution is 5.56. The van der Waals surface area contributed by atoms with Crippen molar-refractivity contribution in [1.82, 2.24) is 29.4 Å². The molecule has 25 heavy (non-hydrogen) atoms. The van der Waals surface area contributed by atoms with Gasteiger partial charge in [0.1, 0.15) is 12.1 Å². The lowest BCUT2D eigenvalue weighted by Gasteiger charge is -2.17. The third-order valence-corrected chi connectivity index (χ3v) is 4.41. The Bertz CT molecular complexity index is 867. The van der Waals surface area contributed by atoms with E-state index in [0.717, 1.165) is 47.2 Å². The van der Waals surface area contributed by atoms with Gasteiger partial charge in [-0.15, -0.1) is 10.2 Å². The molecule has 3 aromatic rings. The van der Waals surface area contributed by atoms with Gasteiger partial charge in [0, 0.05) is 31.0 Å². The predicted octanol–water partition coefficient (Wildman–Crippen LogP) is 2.32. The van der Waals surface area contributed by atoms with Crippen LogP contribution in [0.2, 0.25) is 0 Å².